The second kappa shape index (κ2) is 6.16. The van der Waals surface area contributed by atoms with E-state index in [2.05, 4.69) is 5.16 Å². The standard InChI is InChI=1S/C20H19NO4/c1-22-14-7-4-12(5-8-14)19-15-9-6-13-10-17(23-2)18(24-3)11-16(13)20(15)25-21-19/h4-5,7-8,10-11H,6,9H2,1-3H3. The molecule has 1 aromatic heterocycles. The Labute approximate surface area is 146 Å². The Balaban J connectivity index is 1.80. The molecule has 0 fully saturated rings. The molecular weight excluding hydrogens is 318 g/mol. The fourth-order valence-electron chi connectivity index (χ4n) is 3.33. The molecule has 2 aromatic carbocycles. The first-order valence-corrected chi connectivity index (χ1v) is 8.13. The Kier molecular flexibility index (Phi) is 3.84. The van der Waals surface area contributed by atoms with Crippen molar-refractivity contribution in [2.75, 3.05) is 21.3 Å². The molecular formula is C20H19NO4. The molecule has 128 valence electrons. The predicted octanol–water partition coefficient (Wildman–Crippen LogP) is 4.13. The van der Waals surface area contributed by atoms with E-state index in [4.69, 9.17) is 18.7 Å². The van der Waals surface area contributed by atoms with E-state index in [9.17, 15) is 0 Å². The molecule has 0 saturated heterocycles. The highest BCUT2D eigenvalue weighted by Gasteiger charge is 2.26. The second-order valence-corrected chi connectivity index (χ2v) is 5.93. The van der Waals surface area contributed by atoms with E-state index in [1.165, 1.54) is 5.56 Å². The minimum absolute atomic E-state index is 0.691. The molecule has 1 heterocycles. The Morgan fingerprint density at radius 2 is 1.60 bits per heavy atom. The van der Waals surface area contributed by atoms with Gasteiger partial charge < -0.3 is 18.7 Å². The summed E-state index contributed by atoms with van der Waals surface area (Å²) in [6.07, 6.45) is 1.79. The van der Waals surface area contributed by atoms with Gasteiger partial charge in [-0.25, -0.2) is 0 Å². The highest BCUT2D eigenvalue weighted by molar-refractivity contribution is 5.78. The average molecular weight is 337 g/mol. The molecule has 3 aromatic rings. The molecule has 0 atom stereocenters. The third-order valence-electron chi connectivity index (χ3n) is 4.65. The summed E-state index contributed by atoms with van der Waals surface area (Å²) in [5.74, 6) is 3.06. The van der Waals surface area contributed by atoms with Crippen LogP contribution in [0.1, 0.15) is 11.1 Å². The summed E-state index contributed by atoms with van der Waals surface area (Å²) >= 11 is 0. The number of aryl methyl sites for hydroxylation is 1. The van der Waals surface area contributed by atoms with Gasteiger partial charge in [0.25, 0.3) is 0 Å². The number of nitrogens with zero attached hydrogens (tertiary/aromatic N) is 1. The van der Waals surface area contributed by atoms with Gasteiger partial charge in [-0.3, -0.25) is 0 Å². The quantitative estimate of drug-likeness (QED) is 0.716. The van der Waals surface area contributed by atoms with Crippen molar-refractivity contribution in [3.05, 3.63) is 47.5 Å². The van der Waals surface area contributed by atoms with E-state index < -0.39 is 0 Å². The third-order valence-corrected chi connectivity index (χ3v) is 4.65. The van der Waals surface area contributed by atoms with Crippen molar-refractivity contribution in [1.29, 1.82) is 0 Å². The summed E-state index contributed by atoms with van der Waals surface area (Å²) in [5.41, 5.74) is 5.24. The van der Waals surface area contributed by atoms with Gasteiger partial charge in [-0.15, -0.1) is 0 Å². The highest BCUT2D eigenvalue weighted by Crippen LogP contribution is 2.43. The molecule has 0 radical (unpaired) electrons. The number of aromatic nitrogens is 1. The zero-order valence-electron chi connectivity index (χ0n) is 14.5. The number of fused-ring (bicyclic) bond motifs is 3. The lowest BCUT2D eigenvalue weighted by molar-refractivity contribution is 0.354. The Morgan fingerprint density at radius 1 is 0.880 bits per heavy atom. The lowest BCUT2D eigenvalue weighted by Crippen LogP contribution is -2.04. The maximum atomic E-state index is 5.72. The lowest BCUT2D eigenvalue weighted by Gasteiger charge is -2.18. The van der Waals surface area contributed by atoms with Crippen LogP contribution in [0.15, 0.2) is 40.9 Å². The zero-order valence-corrected chi connectivity index (χ0v) is 14.5. The van der Waals surface area contributed by atoms with Crippen molar-refractivity contribution in [2.45, 2.75) is 12.8 Å². The topological polar surface area (TPSA) is 53.7 Å². The first kappa shape index (κ1) is 15.6. The van der Waals surface area contributed by atoms with Crippen LogP contribution in [0.5, 0.6) is 17.2 Å². The number of hydrogen-bond donors (Lipinski definition) is 0. The third kappa shape index (κ3) is 2.52. The molecule has 1 aliphatic carbocycles. The minimum atomic E-state index is 0.691. The van der Waals surface area contributed by atoms with Crippen LogP contribution in [0, 0.1) is 0 Å². The molecule has 5 nitrogen and oxygen atoms in total. The van der Waals surface area contributed by atoms with Crippen LogP contribution in [-0.2, 0) is 12.8 Å². The SMILES string of the molecule is COc1ccc(-c2noc3c2CCc2cc(OC)c(OC)cc2-3)cc1. The van der Waals surface area contributed by atoms with Crippen molar-refractivity contribution in [2.24, 2.45) is 0 Å². The van der Waals surface area contributed by atoms with Crippen LogP contribution in [0.25, 0.3) is 22.6 Å². The van der Waals surface area contributed by atoms with Crippen LogP contribution in [0.4, 0.5) is 0 Å². The normalized spacial score (nSPS) is 12.3. The van der Waals surface area contributed by atoms with Gasteiger partial charge in [0, 0.05) is 16.7 Å². The smallest absolute Gasteiger partial charge is 0.171 e. The summed E-state index contributed by atoms with van der Waals surface area (Å²) < 4.78 is 21.8. The van der Waals surface area contributed by atoms with Crippen LogP contribution in [0.2, 0.25) is 0 Å². The minimum Gasteiger partial charge on any atom is -0.497 e. The van der Waals surface area contributed by atoms with Gasteiger partial charge in [-0.2, -0.15) is 0 Å². The molecule has 0 bridgehead atoms. The summed E-state index contributed by atoms with van der Waals surface area (Å²) in [5, 5.41) is 4.33. The summed E-state index contributed by atoms with van der Waals surface area (Å²) in [7, 11) is 4.94. The maximum Gasteiger partial charge on any atom is 0.171 e. The Bertz CT molecular complexity index is 912. The number of hydrogen-bond acceptors (Lipinski definition) is 5. The van der Waals surface area contributed by atoms with Gasteiger partial charge in [-0.1, -0.05) is 5.16 Å². The van der Waals surface area contributed by atoms with Crippen LogP contribution in [-0.4, -0.2) is 26.5 Å². The van der Waals surface area contributed by atoms with E-state index in [1.807, 2.05) is 36.4 Å². The summed E-state index contributed by atoms with van der Waals surface area (Å²) in [6, 6.07) is 11.9. The molecule has 0 spiro atoms. The van der Waals surface area contributed by atoms with Gasteiger partial charge in [0.15, 0.2) is 17.3 Å². The monoisotopic (exact) mass is 337 g/mol. The predicted molar refractivity (Wildman–Crippen MR) is 94.4 cm³/mol. The first-order valence-electron chi connectivity index (χ1n) is 8.13. The molecule has 0 unspecified atom stereocenters. The van der Waals surface area contributed by atoms with Gasteiger partial charge in [0.1, 0.15) is 11.4 Å². The highest BCUT2D eigenvalue weighted by atomic mass is 16.5. The maximum absolute atomic E-state index is 5.72. The van der Waals surface area contributed by atoms with Crippen molar-refractivity contribution in [1.82, 2.24) is 5.16 Å². The Morgan fingerprint density at radius 3 is 2.28 bits per heavy atom. The number of methoxy groups -OCH3 is 3. The fourth-order valence-corrected chi connectivity index (χ4v) is 3.33. The van der Waals surface area contributed by atoms with E-state index in [0.717, 1.165) is 52.5 Å². The van der Waals surface area contributed by atoms with Crippen LogP contribution in [0.3, 0.4) is 0 Å². The van der Waals surface area contributed by atoms with E-state index in [0.29, 0.717) is 5.75 Å². The summed E-state index contributed by atoms with van der Waals surface area (Å²) in [4.78, 5) is 0. The number of benzene rings is 2. The average Bonchev–Trinajstić information content (AvgIpc) is 3.11. The summed E-state index contributed by atoms with van der Waals surface area (Å²) in [6.45, 7) is 0. The van der Waals surface area contributed by atoms with Crippen molar-refractivity contribution >= 4 is 0 Å². The fraction of sp³-hybridized carbons (Fsp3) is 0.250. The molecule has 4 rings (SSSR count). The van der Waals surface area contributed by atoms with Crippen LogP contribution < -0.4 is 14.2 Å². The second-order valence-electron chi connectivity index (χ2n) is 5.93. The van der Waals surface area contributed by atoms with Gasteiger partial charge in [0.05, 0.1) is 21.3 Å². The molecule has 5 heteroatoms. The van der Waals surface area contributed by atoms with Crippen molar-refractivity contribution in [3.8, 4) is 39.8 Å². The van der Waals surface area contributed by atoms with Crippen molar-refractivity contribution in [3.63, 3.8) is 0 Å². The molecule has 1 aliphatic rings. The van der Waals surface area contributed by atoms with Gasteiger partial charge in [0.2, 0.25) is 0 Å². The molecule has 0 aliphatic heterocycles. The van der Waals surface area contributed by atoms with E-state index in [1.54, 1.807) is 21.3 Å². The number of ether oxygens (including phenoxy) is 3. The van der Waals surface area contributed by atoms with E-state index >= 15 is 0 Å². The molecule has 25 heavy (non-hydrogen) atoms. The Hall–Kier alpha value is -2.95. The van der Waals surface area contributed by atoms with Gasteiger partial charge >= 0.3 is 0 Å². The molecule has 0 N–H and O–H groups in total. The largest absolute Gasteiger partial charge is 0.497 e. The van der Waals surface area contributed by atoms with Crippen LogP contribution >= 0.6 is 0 Å². The first-order chi connectivity index (χ1) is 12.2. The van der Waals surface area contributed by atoms with Crippen molar-refractivity contribution < 1.29 is 18.7 Å². The number of rotatable bonds is 4. The van der Waals surface area contributed by atoms with Gasteiger partial charge in [-0.05, 0) is 54.8 Å². The molecule has 0 saturated carbocycles. The van der Waals surface area contributed by atoms with E-state index in [-0.39, 0.29) is 0 Å². The zero-order chi connectivity index (χ0) is 17.4. The molecule has 0 amide bonds. The lowest BCUT2D eigenvalue weighted by atomic mass is 9.88.